The molecule has 0 unspecified atom stereocenters. The molecule has 0 N–H and O–H groups in total. The maximum Gasteiger partial charge on any atom is 0.169 e. The average Bonchev–Trinajstić information content (AvgIpc) is 3.20. The van der Waals surface area contributed by atoms with Crippen LogP contribution in [-0.2, 0) is 0 Å². The number of ketones is 1. The van der Waals surface area contributed by atoms with E-state index in [-0.39, 0.29) is 5.78 Å². The summed E-state index contributed by atoms with van der Waals surface area (Å²) in [5.41, 5.74) is 2.02. The second-order valence-corrected chi connectivity index (χ2v) is 7.25. The highest BCUT2D eigenvalue weighted by atomic mass is 32.1. The molecule has 4 rings (SSSR count). The van der Waals surface area contributed by atoms with E-state index >= 15 is 0 Å². The lowest BCUT2D eigenvalue weighted by molar-refractivity contribution is 0.102. The monoisotopic (exact) mass is 365 g/mol. The molecule has 1 aliphatic rings. The lowest BCUT2D eigenvalue weighted by Crippen LogP contribution is -2.46. The number of aromatic nitrogens is 3. The Hall–Kier alpha value is -2.80. The minimum atomic E-state index is 0.0811. The van der Waals surface area contributed by atoms with Gasteiger partial charge >= 0.3 is 0 Å². The number of piperazine rings is 1. The number of Topliss-reactive ketones (excluding diaryl/α,β-unsaturated/α-hetero) is 1. The van der Waals surface area contributed by atoms with Gasteiger partial charge in [-0.2, -0.15) is 0 Å². The van der Waals surface area contributed by atoms with Crippen molar-refractivity contribution in [1.82, 2.24) is 15.0 Å². The molecule has 0 aliphatic carbocycles. The van der Waals surface area contributed by atoms with Gasteiger partial charge in [-0.05, 0) is 31.2 Å². The van der Waals surface area contributed by atoms with Gasteiger partial charge in [-0.1, -0.05) is 0 Å². The van der Waals surface area contributed by atoms with Crippen LogP contribution in [0.3, 0.4) is 0 Å². The van der Waals surface area contributed by atoms with Crippen LogP contribution in [0.25, 0.3) is 10.6 Å². The van der Waals surface area contributed by atoms with E-state index in [0.717, 1.165) is 47.4 Å². The molecule has 0 aromatic carbocycles. The highest BCUT2D eigenvalue weighted by Gasteiger charge is 2.19. The van der Waals surface area contributed by atoms with Gasteiger partial charge in [0.05, 0.1) is 22.1 Å². The standard InChI is InChI=1S/C19H19N5OS/c1-14(25)17-2-3-18(26-17)16-12-21-13-19(22-16)24-10-8-23(9-11-24)15-4-6-20-7-5-15/h2-7,12-13H,8-11H2,1H3. The van der Waals surface area contributed by atoms with E-state index in [4.69, 9.17) is 4.98 Å². The normalized spacial score (nSPS) is 14.5. The zero-order valence-corrected chi connectivity index (χ0v) is 15.3. The molecule has 3 aromatic heterocycles. The third kappa shape index (κ3) is 3.43. The summed E-state index contributed by atoms with van der Waals surface area (Å²) in [7, 11) is 0. The number of carbonyl (C=O) groups is 1. The van der Waals surface area contributed by atoms with Crippen molar-refractivity contribution in [3.63, 3.8) is 0 Å². The van der Waals surface area contributed by atoms with E-state index in [0.29, 0.717) is 0 Å². The van der Waals surface area contributed by atoms with Gasteiger partial charge in [0.1, 0.15) is 11.5 Å². The van der Waals surface area contributed by atoms with E-state index in [9.17, 15) is 4.79 Å². The molecule has 1 saturated heterocycles. The lowest BCUT2D eigenvalue weighted by Gasteiger charge is -2.36. The van der Waals surface area contributed by atoms with Crippen molar-refractivity contribution in [3.8, 4) is 10.6 Å². The molecule has 132 valence electrons. The molecule has 0 bridgehead atoms. The zero-order chi connectivity index (χ0) is 17.9. The van der Waals surface area contributed by atoms with Crippen LogP contribution in [0.1, 0.15) is 16.6 Å². The number of hydrogen-bond donors (Lipinski definition) is 0. The number of hydrogen-bond acceptors (Lipinski definition) is 7. The van der Waals surface area contributed by atoms with Crippen molar-refractivity contribution in [2.75, 3.05) is 36.0 Å². The van der Waals surface area contributed by atoms with Crippen LogP contribution in [0.2, 0.25) is 0 Å². The van der Waals surface area contributed by atoms with Gasteiger partial charge in [0, 0.05) is 44.3 Å². The first kappa shape index (κ1) is 16.7. The number of carbonyl (C=O) groups excluding carboxylic acids is 1. The van der Waals surface area contributed by atoms with Crippen molar-refractivity contribution in [2.45, 2.75) is 6.92 Å². The van der Waals surface area contributed by atoms with Crippen LogP contribution in [0.5, 0.6) is 0 Å². The van der Waals surface area contributed by atoms with E-state index in [1.54, 1.807) is 13.1 Å². The average molecular weight is 365 g/mol. The van der Waals surface area contributed by atoms with Gasteiger partial charge in [-0.3, -0.25) is 14.8 Å². The van der Waals surface area contributed by atoms with Crippen LogP contribution >= 0.6 is 11.3 Å². The minimum Gasteiger partial charge on any atom is -0.368 e. The van der Waals surface area contributed by atoms with E-state index in [1.165, 1.54) is 17.0 Å². The second-order valence-electron chi connectivity index (χ2n) is 6.16. The van der Waals surface area contributed by atoms with Crippen LogP contribution in [0.4, 0.5) is 11.5 Å². The fourth-order valence-electron chi connectivity index (χ4n) is 3.04. The maximum atomic E-state index is 11.5. The molecule has 3 aromatic rings. The first-order chi connectivity index (χ1) is 12.7. The molecule has 4 heterocycles. The largest absolute Gasteiger partial charge is 0.368 e. The van der Waals surface area contributed by atoms with Crippen LogP contribution in [0.15, 0.2) is 49.1 Å². The minimum absolute atomic E-state index is 0.0811. The van der Waals surface area contributed by atoms with E-state index in [2.05, 4.69) is 19.8 Å². The SMILES string of the molecule is CC(=O)c1ccc(-c2cncc(N3CCN(c4ccncc4)CC3)n2)s1. The van der Waals surface area contributed by atoms with Crippen LogP contribution < -0.4 is 9.80 Å². The predicted molar refractivity (Wildman–Crippen MR) is 104 cm³/mol. The fraction of sp³-hybridized carbons (Fsp3) is 0.263. The van der Waals surface area contributed by atoms with Gasteiger partial charge in [-0.15, -0.1) is 11.3 Å². The first-order valence-electron chi connectivity index (χ1n) is 8.54. The predicted octanol–water partition coefficient (Wildman–Crippen LogP) is 3.13. The summed E-state index contributed by atoms with van der Waals surface area (Å²) in [6, 6.07) is 7.87. The summed E-state index contributed by atoms with van der Waals surface area (Å²) in [5, 5.41) is 0. The zero-order valence-electron chi connectivity index (χ0n) is 14.5. The topological polar surface area (TPSA) is 62.2 Å². The summed E-state index contributed by atoms with van der Waals surface area (Å²) < 4.78 is 0. The third-order valence-electron chi connectivity index (χ3n) is 4.46. The number of thiophene rings is 1. The molecule has 1 fully saturated rings. The molecule has 0 saturated carbocycles. The third-order valence-corrected chi connectivity index (χ3v) is 5.67. The highest BCUT2D eigenvalue weighted by Crippen LogP contribution is 2.28. The van der Waals surface area contributed by atoms with Gasteiger partial charge in [0.15, 0.2) is 5.78 Å². The Balaban J connectivity index is 1.48. The molecule has 0 radical (unpaired) electrons. The summed E-state index contributed by atoms with van der Waals surface area (Å²) in [6.45, 7) is 5.24. The van der Waals surface area contributed by atoms with Gasteiger partial charge < -0.3 is 9.80 Å². The molecular formula is C19H19N5OS. The smallest absolute Gasteiger partial charge is 0.169 e. The van der Waals surface area contributed by atoms with Gasteiger partial charge in [0.25, 0.3) is 0 Å². The van der Waals surface area contributed by atoms with Gasteiger partial charge in [-0.25, -0.2) is 4.98 Å². The number of pyridine rings is 1. The molecular weight excluding hydrogens is 346 g/mol. The number of rotatable bonds is 4. The lowest BCUT2D eigenvalue weighted by atomic mass is 10.2. The van der Waals surface area contributed by atoms with Crippen molar-refractivity contribution < 1.29 is 4.79 Å². The van der Waals surface area contributed by atoms with E-state index in [1.807, 2.05) is 42.9 Å². The Morgan fingerprint density at radius 3 is 2.38 bits per heavy atom. The maximum absolute atomic E-state index is 11.5. The second kappa shape index (κ2) is 7.21. The molecule has 6 nitrogen and oxygen atoms in total. The Labute approximate surface area is 156 Å². The number of anilines is 2. The van der Waals surface area contributed by atoms with Crippen LogP contribution in [-0.4, -0.2) is 46.9 Å². The molecule has 7 heteroatoms. The molecule has 1 aliphatic heterocycles. The summed E-state index contributed by atoms with van der Waals surface area (Å²) in [5.74, 6) is 0.965. The molecule has 0 spiro atoms. The molecule has 0 amide bonds. The van der Waals surface area contributed by atoms with Crippen molar-refractivity contribution >= 4 is 28.6 Å². The first-order valence-corrected chi connectivity index (χ1v) is 9.35. The fourth-order valence-corrected chi connectivity index (χ4v) is 3.90. The molecule has 0 atom stereocenters. The van der Waals surface area contributed by atoms with Crippen molar-refractivity contribution in [3.05, 3.63) is 53.9 Å². The quantitative estimate of drug-likeness (QED) is 0.662. The van der Waals surface area contributed by atoms with Crippen LogP contribution in [0, 0.1) is 0 Å². The summed E-state index contributed by atoms with van der Waals surface area (Å²) in [4.78, 5) is 31.1. The number of nitrogens with zero attached hydrogens (tertiary/aromatic N) is 5. The Bertz CT molecular complexity index is 903. The summed E-state index contributed by atoms with van der Waals surface area (Å²) >= 11 is 1.46. The highest BCUT2D eigenvalue weighted by molar-refractivity contribution is 7.17. The Kier molecular flexibility index (Phi) is 4.62. The van der Waals surface area contributed by atoms with Crippen molar-refractivity contribution in [1.29, 1.82) is 0 Å². The molecule has 26 heavy (non-hydrogen) atoms. The van der Waals surface area contributed by atoms with Gasteiger partial charge in [0.2, 0.25) is 0 Å². The Morgan fingerprint density at radius 2 is 1.69 bits per heavy atom. The summed E-state index contributed by atoms with van der Waals surface area (Å²) in [6.07, 6.45) is 7.22. The Morgan fingerprint density at radius 1 is 0.962 bits per heavy atom. The van der Waals surface area contributed by atoms with Crippen molar-refractivity contribution in [2.24, 2.45) is 0 Å². The van der Waals surface area contributed by atoms with E-state index < -0.39 is 0 Å².